The van der Waals surface area contributed by atoms with E-state index in [9.17, 15) is 4.79 Å². The Bertz CT molecular complexity index is 1410. The van der Waals surface area contributed by atoms with Crippen molar-refractivity contribution in [3.8, 4) is 11.5 Å². The molecule has 0 fully saturated rings. The summed E-state index contributed by atoms with van der Waals surface area (Å²) in [6.07, 6.45) is -0.540. The van der Waals surface area contributed by atoms with Crippen LogP contribution in [0.2, 0.25) is 5.02 Å². The fourth-order valence-corrected chi connectivity index (χ4v) is 4.79. The molecular formula is C25H21ClN4O3S. The van der Waals surface area contributed by atoms with Crippen LogP contribution in [0.3, 0.4) is 0 Å². The summed E-state index contributed by atoms with van der Waals surface area (Å²) >= 11 is 7.43. The van der Waals surface area contributed by atoms with E-state index in [1.54, 1.807) is 19.2 Å². The standard InChI is InChI=1S/C25H21ClN4O3S/c1-32-20-12-9-16(13-21(20)33-2)23-27-19-6-4-3-5-18(19)22-24(31)28-25(29-30(22)23)34-14-15-7-10-17(26)11-8-15/h3-13,23H,14H2,1-2H3,(H,28,29,31). The van der Waals surface area contributed by atoms with Crippen LogP contribution in [0.1, 0.15) is 17.3 Å². The zero-order valence-corrected chi connectivity index (χ0v) is 20.1. The van der Waals surface area contributed by atoms with Crippen molar-refractivity contribution in [3.05, 3.63) is 93.5 Å². The van der Waals surface area contributed by atoms with Gasteiger partial charge in [0.15, 0.2) is 22.8 Å². The van der Waals surface area contributed by atoms with Crippen LogP contribution in [0.15, 0.2) is 76.8 Å². The largest absolute Gasteiger partial charge is 0.493 e. The van der Waals surface area contributed by atoms with E-state index in [4.69, 9.17) is 31.2 Å². The molecule has 3 aromatic rings. The molecule has 9 heteroatoms. The highest BCUT2D eigenvalue weighted by atomic mass is 35.5. The van der Waals surface area contributed by atoms with Crippen molar-refractivity contribution in [2.75, 3.05) is 14.2 Å². The van der Waals surface area contributed by atoms with Gasteiger partial charge in [0.1, 0.15) is 5.70 Å². The number of methoxy groups -OCH3 is 2. The lowest BCUT2D eigenvalue weighted by atomic mass is 10.1. The first kappa shape index (κ1) is 22.3. The highest BCUT2D eigenvalue weighted by molar-refractivity contribution is 8.13. The van der Waals surface area contributed by atoms with Gasteiger partial charge in [-0.05, 0) is 35.9 Å². The van der Waals surface area contributed by atoms with Crippen molar-refractivity contribution in [3.63, 3.8) is 0 Å². The van der Waals surface area contributed by atoms with Gasteiger partial charge in [0.2, 0.25) is 0 Å². The smallest absolute Gasteiger partial charge is 0.276 e. The molecule has 0 saturated carbocycles. The van der Waals surface area contributed by atoms with Crippen molar-refractivity contribution in [1.82, 2.24) is 10.3 Å². The van der Waals surface area contributed by atoms with Gasteiger partial charge in [0.05, 0.1) is 19.6 Å². The van der Waals surface area contributed by atoms with E-state index in [1.807, 2.05) is 66.7 Å². The van der Waals surface area contributed by atoms with Gasteiger partial charge in [-0.3, -0.25) is 15.1 Å². The fraction of sp³-hybridized carbons (Fsp3) is 0.160. The molecule has 5 rings (SSSR count). The topological polar surface area (TPSA) is 75.5 Å². The second kappa shape index (κ2) is 9.40. The number of fused-ring (bicyclic) bond motifs is 2. The Morgan fingerprint density at radius 3 is 2.56 bits per heavy atom. The molecule has 2 aliphatic rings. The Kier molecular flexibility index (Phi) is 6.17. The molecular weight excluding hydrogens is 472 g/mol. The van der Waals surface area contributed by atoms with Crippen molar-refractivity contribution in [2.24, 2.45) is 10.1 Å². The number of carbonyl (C=O) groups is 1. The Morgan fingerprint density at radius 1 is 1.03 bits per heavy atom. The first-order chi connectivity index (χ1) is 16.6. The molecule has 2 heterocycles. The van der Waals surface area contributed by atoms with Crippen molar-refractivity contribution < 1.29 is 14.3 Å². The minimum Gasteiger partial charge on any atom is -0.493 e. The number of nitrogens with one attached hydrogen (secondary N) is 1. The summed E-state index contributed by atoms with van der Waals surface area (Å²) in [4.78, 5) is 18.2. The van der Waals surface area contributed by atoms with Crippen molar-refractivity contribution in [1.29, 1.82) is 0 Å². The summed E-state index contributed by atoms with van der Waals surface area (Å²) in [5, 5.41) is 12.1. The third-order valence-corrected chi connectivity index (χ3v) is 6.70. The number of rotatable bonds is 5. The van der Waals surface area contributed by atoms with Gasteiger partial charge < -0.3 is 9.47 Å². The number of para-hydroxylation sites is 1. The number of halogens is 1. The summed E-state index contributed by atoms with van der Waals surface area (Å²) < 4.78 is 10.9. The van der Waals surface area contributed by atoms with Crippen LogP contribution in [0, 0.1) is 0 Å². The lowest BCUT2D eigenvalue weighted by Crippen LogP contribution is -2.50. The molecule has 0 aliphatic carbocycles. The minimum absolute atomic E-state index is 0.221. The first-order valence-corrected chi connectivity index (χ1v) is 11.9. The molecule has 1 atom stereocenters. The molecule has 0 bridgehead atoms. The Hall–Kier alpha value is -3.49. The summed E-state index contributed by atoms with van der Waals surface area (Å²) in [5.74, 6) is 1.61. The number of hydrazone groups is 1. The number of hydrogen-bond acceptors (Lipinski definition) is 7. The number of thioether (sulfide) groups is 1. The number of nitrogens with zero attached hydrogens (tertiary/aromatic N) is 3. The highest BCUT2D eigenvalue weighted by Crippen LogP contribution is 2.36. The quantitative estimate of drug-likeness (QED) is 0.590. The molecule has 0 aromatic heterocycles. The van der Waals surface area contributed by atoms with Crippen LogP contribution in [0.5, 0.6) is 11.5 Å². The number of carbonyl (C=O) groups excluding carboxylic acids is 1. The van der Waals surface area contributed by atoms with Gasteiger partial charge in [-0.1, -0.05) is 59.8 Å². The predicted octanol–water partition coefficient (Wildman–Crippen LogP) is 3.43. The maximum Gasteiger partial charge on any atom is 0.276 e. The Labute approximate surface area is 205 Å². The minimum atomic E-state index is -0.540. The molecule has 172 valence electrons. The van der Waals surface area contributed by atoms with Gasteiger partial charge in [0, 0.05) is 21.6 Å². The number of ether oxygens (including phenoxy) is 2. The molecule has 1 unspecified atom stereocenters. The monoisotopic (exact) mass is 492 g/mol. The predicted molar refractivity (Wildman–Crippen MR) is 133 cm³/mol. The summed E-state index contributed by atoms with van der Waals surface area (Å²) in [6.45, 7) is 0. The fourth-order valence-electron chi connectivity index (χ4n) is 3.86. The lowest BCUT2D eigenvalue weighted by molar-refractivity contribution is -0.116. The summed E-state index contributed by atoms with van der Waals surface area (Å²) in [7, 11) is 3.18. The molecule has 2 aliphatic heterocycles. The second-order valence-electron chi connectivity index (χ2n) is 7.60. The average molecular weight is 493 g/mol. The molecule has 1 N–H and O–H groups in total. The normalized spacial score (nSPS) is 16.6. The molecule has 34 heavy (non-hydrogen) atoms. The van der Waals surface area contributed by atoms with Crippen LogP contribution >= 0.6 is 23.4 Å². The number of benzene rings is 3. The maximum atomic E-state index is 13.3. The van der Waals surface area contributed by atoms with Crippen LogP contribution in [-0.4, -0.2) is 30.3 Å². The third kappa shape index (κ3) is 4.22. The second-order valence-corrected chi connectivity index (χ2v) is 9.00. The Morgan fingerprint density at radius 2 is 1.79 bits per heavy atom. The molecule has 0 spiro atoms. The lowest BCUT2D eigenvalue weighted by Gasteiger charge is -2.34. The average Bonchev–Trinajstić information content (AvgIpc) is 2.87. The van der Waals surface area contributed by atoms with E-state index in [0.717, 1.165) is 21.7 Å². The van der Waals surface area contributed by atoms with E-state index in [-0.39, 0.29) is 5.91 Å². The van der Waals surface area contributed by atoms with Gasteiger partial charge >= 0.3 is 0 Å². The van der Waals surface area contributed by atoms with Gasteiger partial charge in [0.25, 0.3) is 5.91 Å². The number of hydrogen-bond donors (Lipinski definition) is 1. The summed E-state index contributed by atoms with van der Waals surface area (Å²) in [5.41, 5.74) is 2.36. The highest BCUT2D eigenvalue weighted by Gasteiger charge is 2.34. The molecule has 7 nitrogen and oxygen atoms in total. The van der Waals surface area contributed by atoms with Crippen molar-refractivity contribution >= 4 is 40.1 Å². The Balaban J connectivity index is 1.56. The maximum absolute atomic E-state index is 13.3. The van der Waals surface area contributed by atoms with E-state index >= 15 is 0 Å². The number of amidine groups is 1. The zero-order valence-electron chi connectivity index (χ0n) is 18.5. The molecule has 3 aromatic carbocycles. The summed E-state index contributed by atoms with van der Waals surface area (Å²) in [6, 6.07) is 20.8. The zero-order chi connectivity index (χ0) is 23.7. The van der Waals surface area contributed by atoms with Crippen LogP contribution < -0.4 is 25.4 Å². The first-order valence-electron chi connectivity index (χ1n) is 10.5. The van der Waals surface area contributed by atoms with E-state index < -0.39 is 6.17 Å². The van der Waals surface area contributed by atoms with Gasteiger partial charge in [-0.15, -0.1) is 5.10 Å². The molecule has 0 saturated heterocycles. The SMILES string of the molecule is COc1ccc(C2N=c3ccccc3=C3C(=O)NC(SCc4ccc(Cl)cc4)=NN32)cc1OC. The van der Waals surface area contributed by atoms with Gasteiger partial charge in [-0.2, -0.15) is 0 Å². The number of amides is 1. The van der Waals surface area contributed by atoms with E-state index in [1.165, 1.54) is 11.8 Å². The van der Waals surface area contributed by atoms with Crippen LogP contribution in [0.25, 0.3) is 5.70 Å². The molecule has 1 amide bonds. The van der Waals surface area contributed by atoms with E-state index in [0.29, 0.717) is 33.1 Å². The van der Waals surface area contributed by atoms with E-state index in [2.05, 4.69) is 5.32 Å². The van der Waals surface area contributed by atoms with Crippen molar-refractivity contribution in [2.45, 2.75) is 11.9 Å². The third-order valence-electron chi connectivity index (χ3n) is 5.51. The van der Waals surface area contributed by atoms with Crippen LogP contribution in [-0.2, 0) is 10.5 Å². The van der Waals surface area contributed by atoms with Gasteiger partial charge in [-0.25, -0.2) is 5.01 Å². The molecule has 0 radical (unpaired) electrons. The van der Waals surface area contributed by atoms with Crippen LogP contribution in [0.4, 0.5) is 0 Å².